The average Bonchev–Trinajstić information content (AvgIpc) is 2.67. The standard InChI is InChI=1S/C15H23NO/c1-4-14(3,10-16)15(17)8-7-12-6-5-11(2)9-13(12)15/h5-6,9,17H,4,7-8,10,16H2,1-3H3. The van der Waals surface area contributed by atoms with Crippen LogP contribution in [0.4, 0.5) is 0 Å². The van der Waals surface area contributed by atoms with Gasteiger partial charge in [-0.3, -0.25) is 0 Å². The molecule has 0 radical (unpaired) electrons. The molecule has 2 heteroatoms. The van der Waals surface area contributed by atoms with Crippen molar-refractivity contribution in [3.63, 3.8) is 0 Å². The number of hydrogen-bond acceptors (Lipinski definition) is 2. The van der Waals surface area contributed by atoms with Gasteiger partial charge >= 0.3 is 0 Å². The summed E-state index contributed by atoms with van der Waals surface area (Å²) >= 11 is 0. The Kier molecular flexibility index (Phi) is 3.04. The van der Waals surface area contributed by atoms with Gasteiger partial charge in [-0.2, -0.15) is 0 Å². The van der Waals surface area contributed by atoms with E-state index < -0.39 is 5.60 Å². The molecule has 1 aliphatic carbocycles. The van der Waals surface area contributed by atoms with Crippen molar-refractivity contribution >= 4 is 0 Å². The fourth-order valence-electron chi connectivity index (χ4n) is 2.98. The second-order valence-electron chi connectivity index (χ2n) is 5.64. The van der Waals surface area contributed by atoms with E-state index in [1.807, 2.05) is 0 Å². The minimum Gasteiger partial charge on any atom is -0.385 e. The zero-order valence-electron chi connectivity index (χ0n) is 11.1. The van der Waals surface area contributed by atoms with Crippen molar-refractivity contribution in [2.24, 2.45) is 11.1 Å². The molecule has 0 spiro atoms. The minimum atomic E-state index is -0.752. The first kappa shape index (κ1) is 12.6. The second-order valence-corrected chi connectivity index (χ2v) is 5.64. The van der Waals surface area contributed by atoms with Crippen molar-refractivity contribution in [2.75, 3.05) is 6.54 Å². The monoisotopic (exact) mass is 233 g/mol. The normalized spacial score (nSPS) is 26.6. The highest BCUT2D eigenvalue weighted by Crippen LogP contribution is 2.50. The van der Waals surface area contributed by atoms with Gasteiger partial charge in [-0.25, -0.2) is 0 Å². The van der Waals surface area contributed by atoms with Crippen molar-refractivity contribution in [1.82, 2.24) is 0 Å². The quantitative estimate of drug-likeness (QED) is 0.842. The molecule has 1 aromatic carbocycles. The minimum absolute atomic E-state index is 0.230. The number of benzene rings is 1. The molecule has 0 amide bonds. The molecule has 3 N–H and O–H groups in total. The maximum atomic E-state index is 11.1. The zero-order valence-corrected chi connectivity index (χ0v) is 11.1. The lowest BCUT2D eigenvalue weighted by atomic mass is 9.68. The summed E-state index contributed by atoms with van der Waals surface area (Å²) in [6.45, 7) is 6.81. The fourth-order valence-corrected chi connectivity index (χ4v) is 2.98. The molecule has 0 aromatic heterocycles. The summed E-state index contributed by atoms with van der Waals surface area (Å²) < 4.78 is 0. The Hall–Kier alpha value is -0.860. The molecule has 0 saturated carbocycles. The smallest absolute Gasteiger partial charge is 0.0967 e. The summed E-state index contributed by atoms with van der Waals surface area (Å²) in [6, 6.07) is 6.40. The maximum absolute atomic E-state index is 11.1. The molecule has 0 saturated heterocycles. The summed E-state index contributed by atoms with van der Waals surface area (Å²) in [5.74, 6) is 0. The van der Waals surface area contributed by atoms with E-state index in [1.165, 1.54) is 11.1 Å². The largest absolute Gasteiger partial charge is 0.385 e. The molecule has 0 aliphatic heterocycles. The highest BCUT2D eigenvalue weighted by Gasteiger charge is 2.49. The summed E-state index contributed by atoms with van der Waals surface area (Å²) in [5.41, 5.74) is 8.53. The summed E-state index contributed by atoms with van der Waals surface area (Å²) in [7, 11) is 0. The molecule has 0 fully saturated rings. The first-order valence-electron chi connectivity index (χ1n) is 6.49. The van der Waals surface area contributed by atoms with E-state index in [-0.39, 0.29) is 5.41 Å². The highest BCUT2D eigenvalue weighted by molar-refractivity contribution is 5.41. The molecule has 1 aromatic rings. The van der Waals surface area contributed by atoms with E-state index in [0.29, 0.717) is 6.54 Å². The third-order valence-corrected chi connectivity index (χ3v) is 4.70. The van der Waals surface area contributed by atoms with Gasteiger partial charge < -0.3 is 10.8 Å². The van der Waals surface area contributed by atoms with Crippen molar-refractivity contribution in [2.45, 2.75) is 45.6 Å². The van der Waals surface area contributed by atoms with Gasteiger partial charge in [0.2, 0.25) is 0 Å². The van der Waals surface area contributed by atoms with E-state index in [0.717, 1.165) is 24.8 Å². The molecule has 1 aliphatic rings. The van der Waals surface area contributed by atoms with E-state index in [4.69, 9.17) is 5.73 Å². The highest BCUT2D eigenvalue weighted by atomic mass is 16.3. The molecule has 2 nitrogen and oxygen atoms in total. The number of aliphatic hydroxyl groups is 1. The van der Waals surface area contributed by atoms with Gasteiger partial charge in [-0.05, 0) is 37.3 Å². The van der Waals surface area contributed by atoms with Crippen LogP contribution in [0.2, 0.25) is 0 Å². The molecule has 2 atom stereocenters. The van der Waals surface area contributed by atoms with Gasteiger partial charge in [0.1, 0.15) is 0 Å². The fraction of sp³-hybridized carbons (Fsp3) is 0.600. The third kappa shape index (κ3) is 1.71. The van der Waals surface area contributed by atoms with Gasteiger partial charge in [0, 0.05) is 12.0 Å². The SMILES string of the molecule is CCC(C)(CN)C1(O)CCc2ccc(C)cc21. The lowest BCUT2D eigenvalue weighted by Gasteiger charge is -2.42. The van der Waals surface area contributed by atoms with Crippen molar-refractivity contribution in [1.29, 1.82) is 0 Å². The van der Waals surface area contributed by atoms with Gasteiger partial charge in [0.15, 0.2) is 0 Å². The predicted octanol–water partition coefficient (Wildman–Crippen LogP) is 2.50. The van der Waals surface area contributed by atoms with Crippen molar-refractivity contribution < 1.29 is 5.11 Å². The molecule has 94 valence electrons. The summed E-state index contributed by atoms with van der Waals surface area (Å²) in [5, 5.41) is 11.1. The van der Waals surface area contributed by atoms with Gasteiger partial charge in [0.05, 0.1) is 5.60 Å². The van der Waals surface area contributed by atoms with Crippen molar-refractivity contribution in [3.05, 3.63) is 34.9 Å². The zero-order chi connectivity index (χ0) is 12.7. The van der Waals surface area contributed by atoms with Crippen LogP contribution in [0.1, 0.15) is 43.4 Å². The van der Waals surface area contributed by atoms with Gasteiger partial charge in [0.25, 0.3) is 0 Å². The molecule has 0 bridgehead atoms. The van der Waals surface area contributed by atoms with Crippen molar-refractivity contribution in [3.8, 4) is 0 Å². The molecule has 2 rings (SSSR count). The van der Waals surface area contributed by atoms with Crippen LogP contribution in [0, 0.1) is 12.3 Å². The Morgan fingerprint density at radius 3 is 2.76 bits per heavy atom. The topological polar surface area (TPSA) is 46.2 Å². The molecular weight excluding hydrogens is 210 g/mol. The molecule has 2 unspecified atom stereocenters. The first-order chi connectivity index (χ1) is 7.97. The Labute approximate surface area is 104 Å². The Bertz CT molecular complexity index is 423. The molecule has 0 heterocycles. The lowest BCUT2D eigenvalue weighted by Crippen LogP contribution is -2.46. The summed E-state index contributed by atoms with van der Waals surface area (Å²) in [4.78, 5) is 0. The van der Waals surface area contributed by atoms with Crippen LogP contribution < -0.4 is 5.73 Å². The van der Waals surface area contributed by atoms with E-state index in [9.17, 15) is 5.11 Å². The third-order valence-electron chi connectivity index (χ3n) is 4.70. The number of rotatable bonds is 3. The predicted molar refractivity (Wildman–Crippen MR) is 70.8 cm³/mol. The Morgan fingerprint density at radius 2 is 2.18 bits per heavy atom. The van der Waals surface area contributed by atoms with Crippen LogP contribution in [0.25, 0.3) is 0 Å². The maximum Gasteiger partial charge on any atom is 0.0967 e. The van der Waals surface area contributed by atoms with Crippen LogP contribution in [-0.2, 0) is 12.0 Å². The molecule has 17 heavy (non-hydrogen) atoms. The average molecular weight is 233 g/mol. The van der Waals surface area contributed by atoms with Gasteiger partial charge in [-0.1, -0.05) is 37.6 Å². The number of fused-ring (bicyclic) bond motifs is 1. The van der Waals surface area contributed by atoms with Crippen LogP contribution in [0.5, 0.6) is 0 Å². The Balaban J connectivity index is 2.53. The number of aryl methyl sites for hydroxylation is 2. The number of hydrogen-bond donors (Lipinski definition) is 2. The van der Waals surface area contributed by atoms with Gasteiger partial charge in [-0.15, -0.1) is 0 Å². The van der Waals surface area contributed by atoms with Crippen LogP contribution in [0.3, 0.4) is 0 Å². The van der Waals surface area contributed by atoms with E-state index in [1.54, 1.807) is 0 Å². The van der Waals surface area contributed by atoms with Crippen LogP contribution in [0.15, 0.2) is 18.2 Å². The Morgan fingerprint density at radius 1 is 1.47 bits per heavy atom. The second kappa shape index (κ2) is 4.11. The summed E-state index contributed by atoms with van der Waals surface area (Å²) in [6.07, 6.45) is 2.66. The van der Waals surface area contributed by atoms with Crippen LogP contribution >= 0.6 is 0 Å². The molecular formula is C15H23NO. The first-order valence-corrected chi connectivity index (χ1v) is 6.49. The van der Waals surface area contributed by atoms with Crippen LogP contribution in [-0.4, -0.2) is 11.7 Å². The van der Waals surface area contributed by atoms with E-state index >= 15 is 0 Å². The van der Waals surface area contributed by atoms with E-state index in [2.05, 4.69) is 39.0 Å². The number of nitrogens with two attached hydrogens (primary N) is 1. The lowest BCUT2D eigenvalue weighted by molar-refractivity contribution is -0.0790.